The van der Waals surface area contributed by atoms with Crippen molar-refractivity contribution >= 4 is 12.4 Å². The van der Waals surface area contributed by atoms with Crippen molar-refractivity contribution in [2.24, 2.45) is 10.2 Å². The number of hydrogen-bond donors (Lipinski definition) is 1. The van der Waals surface area contributed by atoms with Gasteiger partial charge < -0.3 is 5.11 Å². The number of benzene rings is 2. The molecule has 0 heterocycles. The first-order valence-corrected chi connectivity index (χ1v) is 5.25. The second-order valence-electron chi connectivity index (χ2n) is 3.49. The molecule has 0 fully saturated rings. The van der Waals surface area contributed by atoms with Crippen molar-refractivity contribution in [3.8, 4) is 5.75 Å². The fourth-order valence-electron chi connectivity index (χ4n) is 1.30. The van der Waals surface area contributed by atoms with E-state index in [0.717, 1.165) is 11.1 Å². The smallest absolute Gasteiger partial charge is 0.115 e. The second-order valence-corrected chi connectivity index (χ2v) is 3.49. The molecule has 2 aromatic rings. The topological polar surface area (TPSA) is 45.0 Å². The third kappa shape index (κ3) is 3.57. The molecule has 2 aromatic carbocycles. The van der Waals surface area contributed by atoms with Gasteiger partial charge in [-0.05, 0) is 35.4 Å². The average Bonchev–Trinajstić information content (AvgIpc) is 2.38. The molecule has 0 saturated carbocycles. The highest BCUT2D eigenvalue weighted by molar-refractivity contribution is 5.82. The number of phenols is 1. The predicted octanol–water partition coefficient (Wildman–Crippen LogP) is 2.85. The van der Waals surface area contributed by atoms with Crippen LogP contribution >= 0.6 is 0 Å². The zero-order chi connectivity index (χ0) is 11.9. The van der Waals surface area contributed by atoms with Gasteiger partial charge in [0.15, 0.2) is 0 Å². The molecule has 0 unspecified atom stereocenters. The molecule has 1 N–H and O–H groups in total. The Labute approximate surface area is 99.8 Å². The fourth-order valence-corrected chi connectivity index (χ4v) is 1.30. The summed E-state index contributed by atoms with van der Waals surface area (Å²) < 4.78 is 0. The molecule has 0 saturated heterocycles. The predicted molar refractivity (Wildman–Crippen MR) is 69.7 cm³/mol. The number of hydrogen-bond acceptors (Lipinski definition) is 3. The van der Waals surface area contributed by atoms with Gasteiger partial charge in [0.25, 0.3) is 0 Å². The summed E-state index contributed by atoms with van der Waals surface area (Å²) in [5.74, 6) is 0.245. The standard InChI is InChI=1S/C14H12N2O/c17-14-8-6-13(7-9-14)11-16-15-10-12-4-2-1-3-5-12/h1-11,17H. The van der Waals surface area contributed by atoms with E-state index in [1.54, 1.807) is 36.7 Å². The summed E-state index contributed by atoms with van der Waals surface area (Å²) in [6.07, 6.45) is 3.33. The largest absolute Gasteiger partial charge is 0.508 e. The quantitative estimate of drug-likeness (QED) is 0.632. The highest BCUT2D eigenvalue weighted by atomic mass is 16.3. The SMILES string of the molecule is Oc1ccc(C=NN=Cc2ccccc2)cc1. The zero-order valence-electron chi connectivity index (χ0n) is 9.19. The van der Waals surface area contributed by atoms with Gasteiger partial charge in [-0.1, -0.05) is 30.3 Å². The van der Waals surface area contributed by atoms with Crippen LogP contribution in [0.15, 0.2) is 64.8 Å². The molecule has 0 aliphatic carbocycles. The monoisotopic (exact) mass is 224 g/mol. The minimum Gasteiger partial charge on any atom is -0.508 e. The Bertz CT molecular complexity index is 516. The maximum Gasteiger partial charge on any atom is 0.115 e. The molecule has 0 aliphatic rings. The van der Waals surface area contributed by atoms with Crippen LogP contribution in [0, 0.1) is 0 Å². The Morgan fingerprint density at radius 3 is 1.82 bits per heavy atom. The summed E-state index contributed by atoms with van der Waals surface area (Å²) in [5, 5.41) is 17.0. The number of aromatic hydroxyl groups is 1. The van der Waals surface area contributed by atoms with E-state index >= 15 is 0 Å². The summed E-state index contributed by atoms with van der Waals surface area (Å²) in [7, 11) is 0. The Morgan fingerprint density at radius 2 is 1.24 bits per heavy atom. The molecule has 0 amide bonds. The Morgan fingerprint density at radius 1 is 0.706 bits per heavy atom. The first kappa shape index (κ1) is 11.1. The van der Waals surface area contributed by atoms with E-state index in [4.69, 9.17) is 5.11 Å². The lowest BCUT2D eigenvalue weighted by molar-refractivity contribution is 0.475. The van der Waals surface area contributed by atoms with Crippen molar-refractivity contribution in [2.45, 2.75) is 0 Å². The van der Waals surface area contributed by atoms with E-state index < -0.39 is 0 Å². The van der Waals surface area contributed by atoms with Gasteiger partial charge in [-0.3, -0.25) is 0 Å². The Kier molecular flexibility index (Phi) is 3.65. The summed E-state index contributed by atoms with van der Waals surface area (Å²) in [5.41, 5.74) is 1.91. The number of rotatable bonds is 3. The molecular weight excluding hydrogens is 212 g/mol. The van der Waals surface area contributed by atoms with Gasteiger partial charge in [0.1, 0.15) is 5.75 Å². The van der Waals surface area contributed by atoms with Crippen LogP contribution in [0.2, 0.25) is 0 Å². The average molecular weight is 224 g/mol. The highest BCUT2D eigenvalue weighted by Gasteiger charge is 1.87. The maximum absolute atomic E-state index is 9.10. The van der Waals surface area contributed by atoms with Crippen LogP contribution in [0.3, 0.4) is 0 Å². The molecule has 0 aromatic heterocycles. The molecule has 0 spiro atoms. The van der Waals surface area contributed by atoms with E-state index in [1.807, 2.05) is 30.3 Å². The van der Waals surface area contributed by atoms with Gasteiger partial charge in [-0.25, -0.2) is 0 Å². The minimum atomic E-state index is 0.245. The molecule has 0 atom stereocenters. The lowest BCUT2D eigenvalue weighted by Gasteiger charge is -1.91. The third-order valence-corrected chi connectivity index (χ3v) is 2.17. The summed E-state index contributed by atoms with van der Waals surface area (Å²) >= 11 is 0. The molecular formula is C14H12N2O. The van der Waals surface area contributed by atoms with Gasteiger partial charge in [0, 0.05) is 0 Å². The van der Waals surface area contributed by atoms with Crippen LogP contribution in [0.5, 0.6) is 5.75 Å². The van der Waals surface area contributed by atoms with Crippen molar-refractivity contribution in [1.82, 2.24) is 0 Å². The molecule has 84 valence electrons. The molecule has 0 aliphatic heterocycles. The summed E-state index contributed by atoms with van der Waals surface area (Å²) in [4.78, 5) is 0. The maximum atomic E-state index is 9.10. The van der Waals surface area contributed by atoms with E-state index in [1.165, 1.54) is 0 Å². The third-order valence-electron chi connectivity index (χ3n) is 2.17. The lowest BCUT2D eigenvalue weighted by atomic mass is 10.2. The van der Waals surface area contributed by atoms with Crippen LogP contribution in [-0.2, 0) is 0 Å². The number of nitrogens with zero attached hydrogens (tertiary/aromatic N) is 2. The molecule has 0 bridgehead atoms. The fraction of sp³-hybridized carbons (Fsp3) is 0. The first-order chi connectivity index (χ1) is 8.34. The van der Waals surface area contributed by atoms with Gasteiger partial charge >= 0.3 is 0 Å². The van der Waals surface area contributed by atoms with E-state index in [0.29, 0.717) is 0 Å². The molecule has 3 nitrogen and oxygen atoms in total. The van der Waals surface area contributed by atoms with E-state index in [9.17, 15) is 0 Å². The van der Waals surface area contributed by atoms with Crippen molar-refractivity contribution in [1.29, 1.82) is 0 Å². The highest BCUT2D eigenvalue weighted by Crippen LogP contribution is 2.07. The van der Waals surface area contributed by atoms with Crippen molar-refractivity contribution in [3.63, 3.8) is 0 Å². The zero-order valence-corrected chi connectivity index (χ0v) is 9.19. The summed E-state index contributed by atoms with van der Waals surface area (Å²) in [6.45, 7) is 0. The first-order valence-electron chi connectivity index (χ1n) is 5.25. The molecule has 3 heteroatoms. The van der Waals surface area contributed by atoms with Crippen LogP contribution in [-0.4, -0.2) is 17.5 Å². The summed E-state index contributed by atoms with van der Waals surface area (Å²) in [6, 6.07) is 16.5. The molecule has 17 heavy (non-hydrogen) atoms. The van der Waals surface area contributed by atoms with Crippen LogP contribution in [0.25, 0.3) is 0 Å². The molecule has 0 radical (unpaired) electrons. The molecule has 2 rings (SSSR count). The van der Waals surface area contributed by atoms with Crippen molar-refractivity contribution in [2.75, 3.05) is 0 Å². The Balaban J connectivity index is 1.98. The van der Waals surface area contributed by atoms with Crippen molar-refractivity contribution in [3.05, 3.63) is 65.7 Å². The normalized spacial score (nSPS) is 11.3. The van der Waals surface area contributed by atoms with Gasteiger partial charge in [0.2, 0.25) is 0 Å². The van der Waals surface area contributed by atoms with Gasteiger partial charge in [-0.15, -0.1) is 0 Å². The van der Waals surface area contributed by atoms with E-state index in [2.05, 4.69) is 10.2 Å². The van der Waals surface area contributed by atoms with Crippen LogP contribution in [0.4, 0.5) is 0 Å². The van der Waals surface area contributed by atoms with E-state index in [-0.39, 0.29) is 5.75 Å². The van der Waals surface area contributed by atoms with Gasteiger partial charge in [0.05, 0.1) is 12.4 Å². The van der Waals surface area contributed by atoms with Crippen LogP contribution < -0.4 is 0 Å². The van der Waals surface area contributed by atoms with Crippen molar-refractivity contribution < 1.29 is 5.11 Å². The van der Waals surface area contributed by atoms with Gasteiger partial charge in [-0.2, -0.15) is 10.2 Å². The minimum absolute atomic E-state index is 0.245. The lowest BCUT2D eigenvalue weighted by Crippen LogP contribution is -1.80. The Hall–Kier alpha value is -2.42. The van der Waals surface area contributed by atoms with Crippen LogP contribution in [0.1, 0.15) is 11.1 Å². The number of phenolic OH excluding ortho intramolecular Hbond substituents is 1. The second kappa shape index (κ2) is 5.61.